The lowest BCUT2D eigenvalue weighted by atomic mass is 10.3. The highest BCUT2D eigenvalue weighted by atomic mass is 15.0. The van der Waals surface area contributed by atoms with Gasteiger partial charge in [-0.15, -0.1) is 0 Å². The average molecular weight is 148 g/mol. The van der Waals surface area contributed by atoms with E-state index in [1.54, 1.807) is 0 Å². The molecule has 58 valence electrons. The second-order valence-corrected chi connectivity index (χ2v) is 2.67. The standard InChI is InChI=1S/C9H12N2/c1-4-11-8(3)5-7(2)9(11)6-10/h5H,4H2,1-3H3. The lowest BCUT2D eigenvalue weighted by Gasteiger charge is -2.01. The Balaban J connectivity index is 3.31. The lowest BCUT2D eigenvalue weighted by Crippen LogP contribution is -1.99. The highest BCUT2D eigenvalue weighted by Crippen LogP contribution is 2.12. The molecule has 0 aliphatic rings. The van der Waals surface area contributed by atoms with Crippen molar-refractivity contribution >= 4 is 0 Å². The minimum Gasteiger partial charge on any atom is -0.337 e. The van der Waals surface area contributed by atoms with Gasteiger partial charge >= 0.3 is 0 Å². The van der Waals surface area contributed by atoms with E-state index in [2.05, 4.69) is 6.07 Å². The molecule has 1 aromatic rings. The Morgan fingerprint density at radius 2 is 2.18 bits per heavy atom. The van der Waals surface area contributed by atoms with Gasteiger partial charge in [-0.3, -0.25) is 0 Å². The van der Waals surface area contributed by atoms with Gasteiger partial charge in [0.05, 0.1) is 0 Å². The first kappa shape index (κ1) is 7.87. The van der Waals surface area contributed by atoms with E-state index < -0.39 is 0 Å². The van der Waals surface area contributed by atoms with Gasteiger partial charge in [-0.1, -0.05) is 0 Å². The van der Waals surface area contributed by atoms with Crippen LogP contribution >= 0.6 is 0 Å². The largest absolute Gasteiger partial charge is 0.337 e. The zero-order chi connectivity index (χ0) is 8.43. The molecule has 0 N–H and O–H groups in total. The van der Waals surface area contributed by atoms with E-state index in [0.717, 1.165) is 17.8 Å². The molecule has 0 saturated heterocycles. The zero-order valence-corrected chi connectivity index (χ0v) is 7.18. The number of aromatic nitrogens is 1. The van der Waals surface area contributed by atoms with E-state index in [4.69, 9.17) is 5.26 Å². The van der Waals surface area contributed by atoms with Crippen molar-refractivity contribution in [1.82, 2.24) is 4.57 Å². The van der Waals surface area contributed by atoms with E-state index in [-0.39, 0.29) is 0 Å². The first-order valence-electron chi connectivity index (χ1n) is 3.77. The predicted molar refractivity (Wildman–Crippen MR) is 44.3 cm³/mol. The number of nitrogens with zero attached hydrogens (tertiary/aromatic N) is 2. The minimum atomic E-state index is 0.796. The first-order chi connectivity index (χ1) is 5.20. The Morgan fingerprint density at radius 1 is 1.55 bits per heavy atom. The molecule has 0 atom stereocenters. The van der Waals surface area contributed by atoms with Crippen LogP contribution in [0.3, 0.4) is 0 Å². The zero-order valence-electron chi connectivity index (χ0n) is 7.18. The Morgan fingerprint density at radius 3 is 2.55 bits per heavy atom. The SMILES string of the molecule is CCn1c(C)cc(C)c1C#N. The fourth-order valence-electron chi connectivity index (χ4n) is 1.40. The summed E-state index contributed by atoms with van der Waals surface area (Å²) in [4.78, 5) is 0. The van der Waals surface area contributed by atoms with E-state index in [1.165, 1.54) is 5.69 Å². The van der Waals surface area contributed by atoms with Crippen molar-refractivity contribution in [2.24, 2.45) is 0 Å². The molecule has 0 spiro atoms. The van der Waals surface area contributed by atoms with Crippen molar-refractivity contribution in [1.29, 1.82) is 5.26 Å². The normalized spacial score (nSPS) is 9.64. The summed E-state index contributed by atoms with van der Waals surface area (Å²) in [5.74, 6) is 0. The van der Waals surface area contributed by atoms with Crippen molar-refractivity contribution in [3.63, 3.8) is 0 Å². The molecule has 2 heteroatoms. The molecular formula is C9H12N2. The molecule has 0 aromatic carbocycles. The van der Waals surface area contributed by atoms with Gasteiger partial charge in [-0.05, 0) is 32.4 Å². The molecule has 2 nitrogen and oxygen atoms in total. The Labute approximate surface area is 67.1 Å². The van der Waals surface area contributed by atoms with Crippen LogP contribution < -0.4 is 0 Å². The Hall–Kier alpha value is -1.23. The van der Waals surface area contributed by atoms with Gasteiger partial charge in [0.1, 0.15) is 11.8 Å². The van der Waals surface area contributed by atoms with Crippen LogP contribution in [0.15, 0.2) is 6.07 Å². The molecule has 0 unspecified atom stereocenters. The molecule has 11 heavy (non-hydrogen) atoms. The van der Waals surface area contributed by atoms with E-state index in [0.29, 0.717) is 0 Å². The fourth-order valence-corrected chi connectivity index (χ4v) is 1.40. The van der Waals surface area contributed by atoms with Gasteiger partial charge in [0.25, 0.3) is 0 Å². The van der Waals surface area contributed by atoms with Gasteiger partial charge in [-0.2, -0.15) is 5.26 Å². The van der Waals surface area contributed by atoms with Crippen LogP contribution in [0.1, 0.15) is 23.9 Å². The van der Waals surface area contributed by atoms with Crippen LogP contribution in [0.25, 0.3) is 0 Å². The summed E-state index contributed by atoms with van der Waals surface area (Å²) in [5, 5.41) is 8.77. The average Bonchev–Trinajstić information content (AvgIpc) is 2.24. The van der Waals surface area contributed by atoms with Crippen LogP contribution in [0.4, 0.5) is 0 Å². The highest BCUT2D eigenvalue weighted by molar-refractivity contribution is 5.35. The molecule has 0 radical (unpaired) electrons. The fraction of sp³-hybridized carbons (Fsp3) is 0.444. The molecule has 0 aliphatic heterocycles. The maximum absolute atomic E-state index is 8.77. The smallest absolute Gasteiger partial charge is 0.123 e. The third-order valence-corrected chi connectivity index (χ3v) is 1.92. The number of nitriles is 1. The molecule has 0 saturated carbocycles. The van der Waals surface area contributed by atoms with Crippen molar-refractivity contribution in [3.05, 3.63) is 23.0 Å². The van der Waals surface area contributed by atoms with Gasteiger partial charge in [0.2, 0.25) is 0 Å². The minimum absolute atomic E-state index is 0.796. The Bertz CT molecular complexity index is 302. The van der Waals surface area contributed by atoms with Crippen molar-refractivity contribution in [2.45, 2.75) is 27.3 Å². The topological polar surface area (TPSA) is 28.7 Å². The van der Waals surface area contributed by atoms with Crippen molar-refractivity contribution in [3.8, 4) is 6.07 Å². The van der Waals surface area contributed by atoms with Gasteiger partial charge in [0.15, 0.2) is 0 Å². The highest BCUT2D eigenvalue weighted by Gasteiger charge is 2.05. The van der Waals surface area contributed by atoms with Crippen LogP contribution in [0.5, 0.6) is 0 Å². The summed E-state index contributed by atoms with van der Waals surface area (Å²) in [6.45, 7) is 6.92. The Kier molecular flexibility index (Phi) is 2.00. The molecule has 0 aliphatic carbocycles. The number of hydrogen-bond acceptors (Lipinski definition) is 1. The quantitative estimate of drug-likeness (QED) is 0.598. The molecule has 0 fully saturated rings. The van der Waals surface area contributed by atoms with Crippen LogP contribution in [-0.2, 0) is 6.54 Å². The lowest BCUT2D eigenvalue weighted by molar-refractivity contribution is 0.731. The second kappa shape index (κ2) is 2.79. The van der Waals surface area contributed by atoms with Crippen LogP contribution in [0.2, 0.25) is 0 Å². The molecule has 0 amide bonds. The number of hydrogen-bond donors (Lipinski definition) is 0. The third kappa shape index (κ3) is 1.14. The predicted octanol–water partition coefficient (Wildman–Crippen LogP) is 2.00. The maximum atomic E-state index is 8.77. The van der Waals surface area contributed by atoms with E-state index in [1.807, 2.05) is 31.4 Å². The molecular weight excluding hydrogens is 136 g/mol. The first-order valence-corrected chi connectivity index (χ1v) is 3.77. The maximum Gasteiger partial charge on any atom is 0.123 e. The summed E-state index contributed by atoms with van der Waals surface area (Å²) in [7, 11) is 0. The van der Waals surface area contributed by atoms with Crippen LogP contribution in [-0.4, -0.2) is 4.57 Å². The van der Waals surface area contributed by atoms with Gasteiger partial charge in [0, 0.05) is 12.2 Å². The summed E-state index contributed by atoms with van der Waals surface area (Å²) >= 11 is 0. The van der Waals surface area contributed by atoms with Crippen molar-refractivity contribution in [2.75, 3.05) is 0 Å². The molecule has 1 rings (SSSR count). The third-order valence-electron chi connectivity index (χ3n) is 1.92. The number of rotatable bonds is 1. The van der Waals surface area contributed by atoms with Crippen molar-refractivity contribution < 1.29 is 0 Å². The summed E-state index contributed by atoms with van der Waals surface area (Å²) in [6, 6.07) is 4.24. The van der Waals surface area contributed by atoms with E-state index >= 15 is 0 Å². The van der Waals surface area contributed by atoms with Gasteiger partial charge < -0.3 is 4.57 Å². The summed E-state index contributed by atoms with van der Waals surface area (Å²) in [5.41, 5.74) is 3.04. The number of aryl methyl sites for hydroxylation is 2. The van der Waals surface area contributed by atoms with Crippen LogP contribution in [0, 0.1) is 25.2 Å². The molecule has 1 aromatic heterocycles. The van der Waals surface area contributed by atoms with Gasteiger partial charge in [-0.25, -0.2) is 0 Å². The summed E-state index contributed by atoms with van der Waals surface area (Å²) in [6.07, 6.45) is 0. The monoisotopic (exact) mass is 148 g/mol. The van der Waals surface area contributed by atoms with E-state index in [9.17, 15) is 0 Å². The summed E-state index contributed by atoms with van der Waals surface area (Å²) < 4.78 is 2.02. The molecule has 1 heterocycles. The second-order valence-electron chi connectivity index (χ2n) is 2.67. The molecule has 0 bridgehead atoms.